The van der Waals surface area contributed by atoms with Gasteiger partial charge in [-0.15, -0.1) is 0 Å². The van der Waals surface area contributed by atoms with E-state index in [9.17, 15) is 5.11 Å². The van der Waals surface area contributed by atoms with E-state index in [-0.39, 0.29) is 0 Å². The molecule has 0 amide bonds. The van der Waals surface area contributed by atoms with E-state index in [2.05, 4.69) is 31.0 Å². The van der Waals surface area contributed by atoms with E-state index >= 15 is 0 Å². The number of hydrogen-bond donors (Lipinski definition) is 2. The number of aliphatic hydroxyl groups excluding tert-OH is 1. The van der Waals surface area contributed by atoms with Crippen LogP contribution in [0.3, 0.4) is 0 Å². The Kier molecular flexibility index (Phi) is 6.51. The highest BCUT2D eigenvalue weighted by molar-refractivity contribution is 4.95. The highest BCUT2D eigenvalue weighted by Gasteiger charge is 2.39. The van der Waals surface area contributed by atoms with Gasteiger partial charge < -0.3 is 10.4 Å². The fraction of sp³-hybridized carbons (Fsp3) is 1.00. The van der Waals surface area contributed by atoms with Gasteiger partial charge in [-0.05, 0) is 50.0 Å². The fourth-order valence-corrected chi connectivity index (χ4v) is 4.39. The molecule has 2 saturated carbocycles. The summed E-state index contributed by atoms with van der Waals surface area (Å²) in [6.07, 6.45) is 9.15. The van der Waals surface area contributed by atoms with Gasteiger partial charge in [-0.2, -0.15) is 0 Å². The molecule has 3 nitrogen and oxygen atoms in total. The maximum absolute atomic E-state index is 9.17. The van der Waals surface area contributed by atoms with Crippen LogP contribution in [0.5, 0.6) is 0 Å². The topological polar surface area (TPSA) is 35.5 Å². The van der Waals surface area contributed by atoms with Crippen LogP contribution in [0.2, 0.25) is 0 Å². The normalized spacial score (nSPS) is 29.6. The number of aliphatic hydroxyl groups is 1. The zero-order chi connectivity index (χ0) is 15.3. The van der Waals surface area contributed by atoms with Gasteiger partial charge in [0.2, 0.25) is 0 Å². The highest BCUT2D eigenvalue weighted by atomic mass is 16.3. The second-order valence-electron chi connectivity index (χ2n) is 7.83. The molecule has 2 unspecified atom stereocenters. The monoisotopic (exact) mass is 296 g/mol. The Morgan fingerprint density at radius 3 is 2.52 bits per heavy atom. The molecular formula is C18H36N2O. The van der Waals surface area contributed by atoms with Crippen molar-refractivity contribution in [1.82, 2.24) is 10.2 Å². The van der Waals surface area contributed by atoms with Gasteiger partial charge in [0.15, 0.2) is 0 Å². The van der Waals surface area contributed by atoms with E-state index in [4.69, 9.17) is 0 Å². The van der Waals surface area contributed by atoms with Crippen LogP contribution < -0.4 is 5.32 Å². The van der Waals surface area contributed by atoms with Crippen molar-refractivity contribution in [3.63, 3.8) is 0 Å². The molecule has 0 radical (unpaired) electrons. The van der Waals surface area contributed by atoms with Gasteiger partial charge in [0.1, 0.15) is 0 Å². The Labute approximate surface area is 131 Å². The van der Waals surface area contributed by atoms with Crippen LogP contribution in [0, 0.1) is 11.3 Å². The van der Waals surface area contributed by atoms with Crippen LogP contribution in [0.4, 0.5) is 0 Å². The molecule has 3 heteroatoms. The number of hydrogen-bond acceptors (Lipinski definition) is 3. The van der Waals surface area contributed by atoms with Crippen molar-refractivity contribution < 1.29 is 5.11 Å². The minimum absolute atomic E-state index is 0.329. The molecule has 0 spiro atoms. The van der Waals surface area contributed by atoms with Crippen LogP contribution in [0.15, 0.2) is 0 Å². The summed E-state index contributed by atoms with van der Waals surface area (Å²) in [5.41, 5.74) is 0.418. The molecule has 124 valence electrons. The third kappa shape index (κ3) is 4.43. The number of rotatable bonds is 8. The molecule has 0 aliphatic heterocycles. The van der Waals surface area contributed by atoms with Crippen LogP contribution in [-0.2, 0) is 0 Å². The van der Waals surface area contributed by atoms with Crippen LogP contribution in [-0.4, -0.2) is 48.3 Å². The summed E-state index contributed by atoms with van der Waals surface area (Å²) >= 11 is 0. The predicted molar refractivity (Wildman–Crippen MR) is 89.5 cm³/mol. The van der Waals surface area contributed by atoms with Gasteiger partial charge in [0, 0.05) is 31.8 Å². The first-order chi connectivity index (χ1) is 10.1. The smallest absolute Gasteiger partial charge is 0.0443 e. The second kappa shape index (κ2) is 7.94. The summed E-state index contributed by atoms with van der Waals surface area (Å²) in [4.78, 5) is 2.69. The summed E-state index contributed by atoms with van der Waals surface area (Å²) < 4.78 is 0. The fourth-order valence-electron chi connectivity index (χ4n) is 4.39. The molecule has 2 aliphatic carbocycles. The van der Waals surface area contributed by atoms with Crippen molar-refractivity contribution >= 4 is 0 Å². The summed E-state index contributed by atoms with van der Waals surface area (Å²) in [6.45, 7) is 10.8. The van der Waals surface area contributed by atoms with E-state index < -0.39 is 0 Å². The number of nitrogens with one attached hydrogen (secondary N) is 1. The lowest BCUT2D eigenvalue weighted by Crippen LogP contribution is -2.54. The summed E-state index contributed by atoms with van der Waals surface area (Å²) in [5.74, 6) is 0.771. The Balaban J connectivity index is 1.98. The zero-order valence-electron chi connectivity index (χ0n) is 14.4. The van der Waals surface area contributed by atoms with E-state index in [0.29, 0.717) is 18.1 Å². The molecule has 0 heterocycles. The van der Waals surface area contributed by atoms with E-state index in [1.165, 1.54) is 45.1 Å². The van der Waals surface area contributed by atoms with Crippen molar-refractivity contribution in [2.45, 2.75) is 77.8 Å². The lowest BCUT2D eigenvalue weighted by atomic mass is 9.67. The third-order valence-corrected chi connectivity index (χ3v) is 5.80. The van der Waals surface area contributed by atoms with Gasteiger partial charge in [-0.1, -0.05) is 33.6 Å². The van der Waals surface area contributed by atoms with Gasteiger partial charge >= 0.3 is 0 Å². The first-order valence-electron chi connectivity index (χ1n) is 9.16. The zero-order valence-corrected chi connectivity index (χ0v) is 14.4. The lowest BCUT2D eigenvalue weighted by molar-refractivity contribution is 0.0436. The van der Waals surface area contributed by atoms with Gasteiger partial charge in [0.05, 0.1) is 0 Å². The molecule has 21 heavy (non-hydrogen) atoms. The molecule has 2 aliphatic rings. The number of nitrogens with zero attached hydrogens (tertiary/aromatic N) is 1. The standard InChI is InChI=1S/C18H36N2O/c1-4-19-17-15(8-6-11-18(17,2)3)14-20(12-7-13-21)16-9-5-10-16/h15-17,19,21H,4-14H2,1-3H3. The van der Waals surface area contributed by atoms with Crippen LogP contribution in [0.25, 0.3) is 0 Å². The quantitative estimate of drug-likeness (QED) is 0.723. The summed E-state index contributed by atoms with van der Waals surface area (Å²) in [5, 5.41) is 13.0. The molecule has 2 N–H and O–H groups in total. The van der Waals surface area contributed by atoms with Gasteiger partial charge in [-0.25, -0.2) is 0 Å². The minimum Gasteiger partial charge on any atom is -0.396 e. The summed E-state index contributed by atoms with van der Waals surface area (Å²) in [7, 11) is 0. The lowest BCUT2D eigenvalue weighted by Gasteiger charge is -2.48. The average Bonchev–Trinajstić information content (AvgIpc) is 2.37. The SMILES string of the molecule is CCNC1C(CN(CCCO)C2CCC2)CCCC1(C)C. The van der Waals surface area contributed by atoms with Crippen molar-refractivity contribution in [1.29, 1.82) is 0 Å². The Morgan fingerprint density at radius 2 is 1.95 bits per heavy atom. The first-order valence-corrected chi connectivity index (χ1v) is 9.16. The third-order valence-electron chi connectivity index (χ3n) is 5.80. The van der Waals surface area contributed by atoms with Crippen molar-refractivity contribution in [2.24, 2.45) is 11.3 Å². The van der Waals surface area contributed by atoms with Crippen molar-refractivity contribution in [3.8, 4) is 0 Å². The van der Waals surface area contributed by atoms with Crippen molar-refractivity contribution in [2.75, 3.05) is 26.2 Å². The van der Waals surface area contributed by atoms with Crippen LogP contribution >= 0.6 is 0 Å². The summed E-state index contributed by atoms with van der Waals surface area (Å²) in [6, 6.07) is 1.44. The Hall–Kier alpha value is -0.120. The van der Waals surface area contributed by atoms with E-state index in [0.717, 1.165) is 31.5 Å². The van der Waals surface area contributed by atoms with E-state index in [1.54, 1.807) is 0 Å². The molecule has 0 aromatic rings. The minimum atomic E-state index is 0.329. The molecule has 2 fully saturated rings. The average molecular weight is 296 g/mol. The van der Waals surface area contributed by atoms with Gasteiger partial charge in [-0.3, -0.25) is 4.90 Å². The Bertz CT molecular complexity index is 302. The molecule has 0 aromatic carbocycles. The molecule has 0 bridgehead atoms. The second-order valence-corrected chi connectivity index (χ2v) is 7.83. The van der Waals surface area contributed by atoms with Crippen molar-refractivity contribution in [3.05, 3.63) is 0 Å². The maximum Gasteiger partial charge on any atom is 0.0443 e. The van der Waals surface area contributed by atoms with E-state index in [1.807, 2.05) is 0 Å². The molecule has 0 aromatic heterocycles. The molecular weight excluding hydrogens is 260 g/mol. The molecule has 0 saturated heterocycles. The highest BCUT2D eigenvalue weighted by Crippen LogP contribution is 2.40. The predicted octanol–water partition coefficient (Wildman–Crippen LogP) is 3.03. The Morgan fingerprint density at radius 1 is 1.19 bits per heavy atom. The molecule has 2 atom stereocenters. The largest absolute Gasteiger partial charge is 0.396 e. The maximum atomic E-state index is 9.17. The van der Waals surface area contributed by atoms with Crippen LogP contribution in [0.1, 0.15) is 65.7 Å². The van der Waals surface area contributed by atoms with Gasteiger partial charge in [0.25, 0.3) is 0 Å². The molecule has 2 rings (SSSR count). The first kappa shape index (κ1) is 17.2.